The Balaban J connectivity index is 2.67. The summed E-state index contributed by atoms with van der Waals surface area (Å²) in [6.45, 7) is 5.47. The predicted molar refractivity (Wildman–Crippen MR) is 57.6 cm³/mol. The second kappa shape index (κ2) is 3.29. The fraction of sp³-hybridized carbons (Fsp3) is 0.455. The highest BCUT2D eigenvalue weighted by Gasteiger charge is 2.29. The summed E-state index contributed by atoms with van der Waals surface area (Å²) in [5, 5.41) is 10.4. The summed E-state index contributed by atoms with van der Waals surface area (Å²) in [6, 6.07) is 1.83. The average Bonchev–Trinajstić information content (AvgIpc) is 2.48. The molecule has 0 radical (unpaired) electrons. The molecule has 82 valence electrons. The molecule has 0 saturated carbocycles. The number of benzene rings is 1. The third-order valence-corrected chi connectivity index (χ3v) is 2.77. The Hall–Kier alpha value is -0.930. The molecule has 1 aliphatic rings. The number of fused-ring (bicyclic) bond motifs is 1. The molecule has 0 saturated heterocycles. The molecule has 0 amide bonds. The Labute approximate surface area is 93.6 Å². The van der Waals surface area contributed by atoms with E-state index in [9.17, 15) is 5.11 Å². The number of aryl methyl sites for hydroxylation is 1. The van der Waals surface area contributed by atoms with Crippen LogP contribution in [0.2, 0.25) is 5.02 Å². The third-order valence-electron chi connectivity index (χ3n) is 2.41. The highest BCUT2D eigenvalue weighted by molar-refractivity contribution is 6.33. The Morgan fingerprint density at radius 3 is 2.67 bits per heavy atom. The molecule has 4 heteroatoms. The van der Waals surface area contributed by atoms with Gasteiger partial charge in [-0.05, 0) is 32.4 Å². The lowest BCUT2D eigenvalue weighted by Crippen LogP contribution is -2.18. The molecule has 0 aliphatic carbocycles. The van der Waals surface area contributed by atoms with E-state index in [1.807, 2.05) is 13.0 Å². The summed E-state index contributed by atoms with van der Waals surface area (Å²) in [4.78, 5) is 0. The van der Waals surface area contributed by atoms with Crippen molar-refractivity contribution in [1.82, 2.24) is 0 Å². The topological polar surface area (TPSA) is 38.7 Å². The minimum Gasteiger partial charge on any atom is -0.454 e. The Morgan fingerprint density at radius 2 is 2.07 bits per heavy atom. The molecule has 15 heavy (non-hydrogen) atoms. The molecule has 3 nitrogen and oxygen atoms in total. The van der Waals surface area contributed by atoms with Gasteiger partial charge in [0.1, 0.15) is 0 Å². The lowest BCUT2D eigenvalue weighted by Gasteiger charge is -2.22. The maximum atomic E-state index is 10.0. The summed E-state index contributed by atoms with van der Waals surface area (Å²) in [6.07, 6.45) is 0. The van der Waals surface area contributed by atoms with E-state index in [0.29, 0.717) is 22.1 Å². The van der Waals surface area contributed by atoms with E-state index in [4.69, 9.17) is 21.1 Å². The molecular formula is C11H13ClO3. The van der Waals surface area contributed by atoms with Gasteiger partial charge < -0.3 is 14.6 Å². The quantitative estimate of drug-likeness (QED) is 0.803. The van der Waals surface area contributed by atoms with E-state index in [0.717, 1.165) is 5.56 Å². The Morgan fingerprint density at radius 1 is 1.40 bits per heavy atom. The molecule has 0 fully saturated rings. The number of halogens is 1. The zero-order chi connectivity index (χ0) is 11.2. The van der Waals surface area contributed by atoms with Crippen LogP contribution >= 0.6 is 11.6 Å². The van der Waals surface area contributed by atoms with Gasteiger partial charge in [0, 0.05) is 5.56 Å². The summed E-state index contributed by atoms with van der Waals surface area (Å²) < 4.78 is 10.5. The fourth-order valence-corrected chi connectivity index (χ4v) is 2.40. The zero-order valence-electron chi connectivity index (χ0n) is 8.93. The van der Waals surface area contributed by atoms with Crippen LogP contribution in [0.15, 0.2) is 6.07 Å². The lowest BCUT2D eigenvalue weighted by molar-refractivity contribution is 0.0778. The molecule has 0 unspecified atom stereocenters. The van der Waals surface area contributed by atoms with Crippen LogP contribution < -0.4 is 9.47 Å². The normalized spacial score (nSPS) is 14.5. The van der Waals surface area contributed by atoms with Crippen molar-refractivity contribution in [2.45, 2.75) is 26.4 Å². The van der Waals surface area contributed by atoms with Gasteiger partial charge in [-0.2, -0.15) is 0 Å². The van der Waals surface area contributed by atoms with Gasteiger partial charge in [-0.1, -0.05) is 11.6 Å². The van der Waals surface area contributed by atoms with Crippen molar-refractivity contribution in [2.75, 3.05) is 6.79 Å². The number of aliphatic hydroxyl groups is 1. The molecule has 1 aromatic carbocycles. The van der Waals surface area contributed by atoms with Gasteiger partial charge >= 0.3 is 0 Å². The minimum atomic E-state index is -0.984. The van der Waals surface area contributed by atoms with Crippen molar-refractivity contribution in [2.24, 2.45) is 0 Å². The van der Waals surface area contributed by atoms with Crippen molar-refractivity contribution in [3.8, 4) is 11.5 Å². The van der Waals surface area contributed by atoms with E-state index in [1.165, 1.54) is 0 Å². The van der Waals surface area contributed by atoms with E-state index in [2.05, 4.69) is 0 Å². The highest BCUT2D eigenvalue weighted by Crippen LogP contribution is 2.45. The molecule has 0 bridgehead atoms. The first-order valence-corrected chi connectivity index (χ1v) is 5.10. The first kappa shape index (κ1) is 10.6. The van der Waals surface area contributed by atoms with Crippen LogP contribution in [0.5, 0.6) is 11.5 Å². The van der Waals surface area contributed by atoms with Crippen LogP contribution in [0, 0.1) is 6.92 Å². The molecule has 2 rings (SSSR count). The van der Waals surface area contributed by atoms with Gasteiger partial charge in [0.15, 0.2) is 11.5 Å². The van der Waals surface area contributed by atoms with Gasteiger partial charge in [-0.3, -0.25) is 0 Å². The molecule has 1 heterocycles. The van der Waals surface area contributed by atoms with Crippen molar-refractivity contribution in [3.63, 3.8) is 0 Å². The van der Waals surface area contributed by atoms with E-state index in [-0.39, 0.29) is 6.79 Å². The van der Waals surface area contributed by atoms with Gasteiger partial charge in [-0.15, -0.1) is 0 Å². The minimum absolute atomic E-state index is 0.184. The SMILES string of the molecule is Cc1cc2c(c(Cl)c1C(C)(C)O)OCO2. The smallest absolute Gasteiger partial charge is 0.231 e. The Bertz CT molecular complexity index is 407. The van der Waals surface area contributed by atoms with Crippen LogP contribution in [0.25, 0.3) is 0 Å². The second-order valence-electron chi connectivity index (χ2n) is 4.18. The number of rotatable bonds is 1. The van der Waals surface area contributed by atoms with E-state index in [1.54, 1.807) is 13.8 Å². The molecular weight excluding hydrogens is 216 g/mol. The lowest BCUT2D eigenvalue weighted by atomic mass is 9.93. The van der Waals surface area contributed by atoms with Crippen LogP contribution in [0.4, 0.5) is 0 Å². The molecule has 0 aromatic heterocycles. The highest BCUT2D eigenvalue weighted by atomic mass is 35.5. The first-order valence-electron chi connectivity index (χ1n) is 4.73. The van der Waals surface area contributed by atoms with Crippen LogP contribution in [-0.4, -0.2) is 11.9 Å². The maximum Gasteiger partial charge on any atom is 0.231 e. The molecule has 0 spiro atoms. The maximum absolute atomic E-state index is 10.0. The van der Waals surface area contributed by atoms with Gasteiger partial charge in [0.25, 0.3) is 0 Å². The van der Waals surface area contributed by atoms with E-state index >= 15 is 0 Å². The fourth-order valence-electron chi connectivity index (χ4n) is 1.87. The van der Waals surface area contributed by atoms with Gasteiger partial charge in [0.2, 0.25) is 6.79 Å². The molecule has 1 aliphatic heterocycles. The standard InChI is InChI=1S/C11H13ClO3/c1-6-4-7-10(15-5-14-7)9(12)8(6)11(2,3)13/h4,13H,5H2,1-3H3. The van der Waals surface area contributed by atoms with Crippen molar-refractivity contribution in [3.05, 3.63) is 22.2 Å². The van der Waals surface area contributed by atoms with Gasteiger partial charge in [-0.25, -0.2) is 0 Å². The first-order chi connectivity index (χ1) is 6.91. The van der Waals surface area contributed by atoms with Crippen LogP contribution in [-0.2, 0) is 5.60 Å². The van der Waals surface area contributed by atoms with Crippen molar-refractivity contribution >= 4 is 11.6 Å². The molecule has 1 aromatic rings. The summed E-state index contributed by atoms with van der Waals surface area (Å²) in [5.74, 6) is 1.17. The van der Waals surface area contributed by atoms with E-state index < -0.39 is 5.60 Å². The van der Waals surface area contributed by atoms with Crippen LogP contribution in [0.3, 0.4) is 0 Å². The Kier molecular flexibility index (Phi) is 2.32. The molecule has 1 N–H and O–H groups in total. The van der Waals surface area contributed by atoms with Crippen molar-refractivity contribution < 1.29 is 14.6 Å². The zero-order valence-corrected chi connectivity index (χ0v) is 9.68. The summed E-state index contributed by atoms with van der Waals surface area (Å²) in [5.41, 5.74) is 0.604. The second-order valence-corrected chi connectivity index (χ2v) is 4.55. The summed E-state index contributed by atoms with van der Waals surface area (Å²) in [7, 11) is 0. The monoisotopic (exact) mass is 228 g/mol. The van der Waals surface area contributed by atoms with Crippen molar-refractivity contribution in [1.29, 1.82) is 0 Å². The predicted octanol–water partition coefficient (Wildman–Crippen LogP) is 2.60. The molecule has 0 atom stereocenters. The number of ether oxygens (including phenoxy) is 2. The largest absolute Gasteiger partial charge is 0.454 e. The van der Waals surface area contributed by atoms with Crippen LogP contribution in [0.1, 0.15) is 25.0 Å². The number of hydrogen-bond donors (Lipinski definition) is 1. The average molecular weight is 229 g/mol. The number of hydrogen-bond acceptors (Lipinski definition) is 3. The third kappa shape index (κ3) is 1.66. The summed E-state index contributed by atoms with van der Waals surface area (Å²) >= 11 is 6.18. The van der Waals surface area contributed by atoms with Gasteiger partial charge in [0.05, 0.1) is 10.6 Å².